The normalized spacial score (nSPS) is 10.9. The fraction of sp³-hybridized carbons (Fsp3) is 0.444. The van der Waals surface area contributed by atoms with Crippen molar-refractivity contribution in [1.82, 2.24) is 19.8 Å². The van der Waals surface area contributed by atoms with E-state index in [1.165, 1.54) is 4.52 Å². The molecule has 0 fully saturated rings. The summed E-state index contributed by atoms with van der Waals surface area (Å²) in [5, 5.41) is 10.3. The highest BCUT2D eigenvalue weighted by Crippen LogP contribution is 2.08. The average Bonchev–Trinajstić information content (AvgIpc) is 2.67. The molecule has 0 aromatic carbocycles. The van der Waals surface area contributed by atoms with Gasteiger partial charge in [0.25, 0.3) is 0 Å². The number of anilines is 1. The van der Waals surface area contributed by atoms with Gasteiger partial charge in [0.05, 0.1) is 0 Å². The SMILES string of the molecule is CN(CCCN)c1ccc2n[nH]c(=O)n2n1. The highest BCUT2D eigenvalue weighted by molar-refractivity contribution is 5.44. The molecule has 16 heavy (non-hydrogen) atoms. The molecule has 0 saturated carbocycles. The lowest BCUT2D eigenvalue weighted by molar-refractivity contribution is 0.766. The molecule has 0 aliphatic heterocycles. The molecule has 3 N–H and O–H groups in total. The average molecular weight is 222 g/mol. The number of rotatable bonds is 4. The summed E-state index contributed by atoms with van der Waals surface area (Å²) in [6.07, 6.45) is 0.885. The van der Waals surface area contributed by atoms with E-state index >= 15 is 0 Å². The summed E-state index contributed by atoms with van der Waals surface area (Å²) < 4.78 is 1.24. The summed E-state index contributed by atoms with van der Waals surface area (Å²) in [4.78, 5) is 13.3. The van der Waals surface area contributed by atoms with Crippen molar-refractivity contribution in [1.29, 1.82) is 0 Å². The minimum atomic E-state index is -0.330. The van der Waals surface area contributed by atoms with Gasteiger partial charge in [0.1, 0.15) is 5.82 Å². The molecule has 0 saturated heterocycles. The maximum absolute atomic E-state index is 11.3. The predicted octanol–water partition coefficient (Wildman–Crippen LogP) is -0.797. The van der Waals surface area contributed by atoms with Crippen LogP contribution in [0.3, 0.4) is 0 Å². The molecule has 0 spiro atoms. The molecule has 0 aliphatic rings. The Balaban J connectivity index is 2.31. The highest BCUT2D eigenvalue weighted by Gasteiger charge is 2.05. The number of nitrogens with zero attached hydrogens (tertiary/aromatic N) is 4. The summed E-state index contributed by atoms with van der Waals surface area (Å²) in [6.45, 7) is 1.44. The van der Waals surface area contributed by atoms with E-state index in [0.717, 1.165) is 18.8 Å². The fourth-order valence-electron chi connectivity index (χ4n) is 1.44. The first-order chi connectivity index (χ1) is 7.72. The number of nitrogens with one attached hydrogen (secondary N) is 1. The van der Waals surface area contributed by atoms with E-state index in [4.69, 9.17) is 5.73 Å². The number of fused-ring (bicyclic) bond motifs is 1. The lowest BCUT2D eigenvalue weighted by atomic mass is 10.4. The second-order valence-electron chi connectivity index (χ2n) is 3.55. The number of H-pyrrole nitrogens is 1. The molecule has 86 valence electrons. The van der Waals surface area contributed by atoms with Gasteiger partial charge in [-0.15, -0.1) is 5.10 Å². The van der Waals surface area contributed by atoms with Crippen molar-refractivity contribution in [3.8, 4) is 0 Å². The van der Waals surface area contributed by atoms with E-state index in [1.54, 1.807) is 6.07 Å². The van der Waals surface area contributed by atoms with E-state index < -0.39 is 0 Å². The van der Waals surface area contributed by atoms with Crippen molar-refractivity contribution in [2.75, 3.05) is 25.0 Å². The predicted molar refractivity (Wildman–Crippen MR) is 60.5 cm³/mol. The molecule has 2 aromatic rings. The molecule has 2 rings (SSSR count). The van der Waals surface area contributed by atoms with Crippen molar-refractivity contribution < 1.29 is 0 Å². The van der Waals surface area contributed by atoms with Crippen molar-refractivity contribution in [2.45, 2.75) is 6.42 Å². The summed E-state index contributed by atoms with van der Waals surface area (Å²) >= 11 is 0. The second-order valence-corrected chi connectivity index (χ2v) is 3.55. The zero-order chi connectivity index (χ0) is 11.5. The molecular formula is C9H14N6O. The number of aromatic amines is 1. The van der Waals surface area contributed by atoms with Gasteiger partial charge in [0.2, 0.25) is 0 Å². The zero-order valence-corrected chi connectivity index (χ0v) is 9.05. The molecule has 0 amide bonds. The van der Waals surface area contributed by atoms with Gasteiger partial charge in [-0.2, -0.15) is 9.61 Å². The molecule has 0 aliphatic carbocycles. The van der Waals surface area contributed by atoms with Crippen LogP contribution >= 0.6 is 0 Å². The third-order valence-electron chi connectivity index (χ3n) is 2.35. The Kier molecular flexibility index (Phi) is 2.86. The van der Waals surface area contributed by atoms with Gasteiger partial charge in [-0.1, -0.05) is 0 Å². The third-order valence-corrected chi connectivity index (χ3v) is 2.35. The molecule has 0 radical (unpaired) electrons. The molecule has 0 unspecified atom stereocenters. The zero-order valence-electron chi connectivity index (χ0n) is 9.05. The van der Waals surface area contributed by atoms with Crippen LogP contribution in [0.15, 0.2) is 16.9 Å². The maximum atomic E-state index is 11.3. The Hall–Kier alpha value is -1.89. The quantitative estimate of drug-likeness (QED) is 0.706. The van der Waals surface area contributed by atoms with Crippen molar-refractivity contribution >= 4 is 11.5 Å². The number of aromatic nitrogens is 4. The lowest BCUT2D eigenvalue weighted by Gasteiger charge is -2.16. The first-order valence-corrected chi connectivity index (χ1v) is 5.08. The second kappa shape index (κ2) is 4.31. The molecule has 2 heterocycles. The summed E-state index contributed by atoms with van der Waals surface area (Å²) in [5.74, 6) is 0.726. The highest BCUT2D eigenvalue weighted by atomic mass is 16.2. The van der Waals surface area contributed by atoms with Crippen LogP contribution in [-0.4, -0.2) is 39.9 Å². The third kappa shape index (κ3) is 1.89. The van der Waals surface area contributed by atoms with Crippen LogP contribution in [0, 0.1) is 0 Å². The monoisotopic (exact) mass is 222 g/mol. The Labute approximate surface area is 91.9 Å². The van der Waals surface area contributed by atoms with Gasteiger partial charge >= 0.3 is 5.69 Å². The van der Waals surface area contributed by atoms with Crippen LogP contribution in [-0.2, 0) is 0 Å². The first kappa shape index (κ1) is 10.6. The van der Waals surface area contributed by atoms with E-state index in [1.807, 2.05) is 18.0 Å². The standard InChI is InChI=1S/C9H14N6O/c1-14(6-2-5-10)8-4-3-7-11-12-9(16)15(7)13-8/h3-4H,2,5-6,10H2,1H3,(H,12,16). The molecular weight excluding hydrogens is 208 g/mol. The van der Waals surface area contributed by atoms with Crippen LogP contribution in [0.2, 0.25) is 0 Å². The van der Waals surface area contributed by atoms with Crippen molar-refractivity contribution in [2.24, 2.45) is 5.73 Å². The van der Waals surface area contributed by atoms with Gasteiger partial charge in [-0.25, -0.2) is 9.89 Å². The fourth-order valence-corrected chi connectivity index (χ4v) is 1.44. The Morgan fingerprint density at radius 3 is 3.12 bits per heavy atom. The van der Waals surface area contributed by atoms with Crippen molar-refractivity contribution in [3.05, 3.63) is 22.6 Å². The maximum Gasteiger partial charge on any atom is 0.364 e. The first-order valence-electron chi connectivity index (χ1n) is 5.08. The molecule has 0 atom stereocenters. The largest absolute Gasteiger partial charge is 0.364 e. The Morgan fingerprint density at radius 1 is 1.56 bits per heavy atom. The van der Waals surface area contributed by atoms with Gasteiger partial charge in [-0.05, 0) is 25.1 Å². The van der Waals surface area contributed by atoms with Crippen molar-refractivity contribution in [3.63, 3.8) is 0 Å². The van der Waals surface area contributed by atoms with Crippen LogP contribution in [0.25, 0.3) is 5.65 Å². The van der Waals surface area contributed by atoms with E-state index in [2.05, 4.69) is 15.3 Å². The molecule has 7 nitrogen and oxygen atoms in total. The Morgan fingerprint density at radius 2 is 2.38 bits per heavy atom. The van der Waals surface area contributed by atoms with Gasteiger partial charge in [0.15, 0.2) is 5.65 Å². The summed E-state index contributed by atoms with van der Waals surface area (Å²) in [6, 6.07) is 3.57. The summed E-state index contributed by atoms with van der Waals surface area (Å²) in [5.41, 5.74) is 5.62. The molecule has 0 bridgehead atoms. The molecule has 2 aromatic heterocycles. The van der Waals surface area contributed by atoms with Crippen LogP contribution < -0.4 is 16.3 Å². The lowest BCUT2D eigenvalue weighted by Crippen LogP contribution is -2.24. The van der Waals surface area contributed by atoms with E-state index in [-0.39, 0.29) is 5.69 Å². The Bertz CT molecular complexity index is 530. The van der Waals surface area contributed by atoms with Gasteiger partial charge < -0.3 is 10.6 Å². The van der Waals surface area contributed by atoms with Crippen LogP contribution in [0.5, 0.6) is 0 Å². The molecule has 7 heteroatoms. The summed E-state index contributed by atoms with van der Waals surface area (Å²) in [7, 11) is 1.91. The number of nitrogens with two attached hydrogens (primary N) is 1. The van der Waals surface area contributed by atoms with Gasteiger partial charge in [-0.3, -0.25) is 0 Å². The smallest absolute Gasteiger partial charge is 0.358 e. The minimum absolute atomic E-state index is 0.330. The van der Waals surface area contributed by atoms with Crippen LogP contribution in [0.1, 0.15) is 6.42 Å². The van der Waals surface area contributed by atoms with Crippen LogP contribution in [0.4, 0.5) is 5.82 Å². The number of hydrogen-bond donors (Lipinski definition) is 2. The van der Waals surface area contributed by atoms with Gasteiger partial charge in [0, 0.05) is 13.6 Å². The topological polar surface area (TPSA) is 92.3 Å². The van der Waals surface area contributed by atoms with E-state index in [9.17, 15) is 4.79 Å². The number of hydrogen-bond acceptors (Lipinski definition) is 5. The van der Waals surface area contributed by atoms with E-state index in [0.29, 0.717) is 12.2 Å². The minimum Gasteiger partial charge on any atom is -0.358 e.